The lowest BCUT2D eigenvalue weighted by Crippen LogP contribution is -3.27. The van der Waals surface area contributed by atoms with Crippen molar-refractivity contribution in [2.75, 3.05) is 33.2 Å². The lowest BCUT2D eigenvalue weighted by atomic mass is 10.0. The fourth-order valence-electron chi connectivity index (χ4n) is 3.21. The van der Waals surface area contributed by atoms with Crippen molar-refractivity contribution in [3.8, 4) is 0 Å². The van der Waals surface area contributed by atoms with E-state index in [-0.39, 0.29) is 11.9 Å². The van der Waals surface area contributed by atoms with Gasteiger partial charge in [-0.3, -0.25) is 4.79 Å². The van der Waals surface area contributed by atoms with Gasteiger partial charge >= 0.3 is 0 Å². The molecule has 0 aliphatic carbocycles. The molecule has 0 radical (unpaired) electrons. The standard InChI is InChI=1S/C16H27N3OS/c1-4-6-15(20)17-13(2)16(14-7-5-12-21-14)19-10-8-18(3)9-11-19/h5,7,12-13,16H,4,6,8-11H2,1-3H3,(H,17,20)/p+2. The van der Waals surface area contributed by atoms with Crippen molar-refractivity contribution in [1.82, 2.24) is 5.32 Å². The topological polar surface area (TPSA) is 38.0 Å². The van der Waals surface area contributed by atoms with Gasteiger partial charge in [-0.05, 0) is 24.8 Å². The molecule has 1 saturated heterocycles. The number of rotatable bonds is 6. The van der Waals surface area contributed by atoms with Gasteiger partial charge in [0, 0.05) is 6.42 Å². The van der Waals surface area contributed by atoms with Crippen LogP contribution in [0.1, 0.15) is 37.6 Å². The maximum Gasteiger partial charge on any atom is 0.220 e. The van der Waals surface area contributed by atoms with Gasteiger partial charge in [0.2, 0.25) is 5.91 Å². The van der Waals surface area contributed by atoms with Crippen molar-refractivity contribution in [3.63, 3.8) is 0 Å². The molecule has 2 heterocycles. The van der Waals surface area contributed by atoms with Gasteiger partial charge in [-0.25, -0.2) is 0 Å². The first-order valence-corrected chi connectivity index (χ1v) is 8.98. The van der Waals surface area contributed by atoms with Gasteiger partial charge in [0.15, 0.2) is 0 Å². The summed E-state index contributed by atoms with van der Waals surface area (Å²) in [7, 11) is 2.27. The van der Waals surface area contributed by atoms with Crippen LogP contribution in [0.5, 0.6) is 0 Å². The molecule has 1 aliphatic heterocycles. The predicted molar refractivity (Wildman–Crippen MR) is 86.9 cm³/mol. The SMILES string of the molecule is CCCC(=O)NC(C)C(c1cccs1)[NH+]1CC[NH+](C)CC1. The van der Waals surface area contributed by atoms with Gasteiger partial charge < -0.3 is 15.1 Å². The Morgan fingerprint density at radius 2 is 2.10 bits per heavy atom. The Kier molecular flexibility index (Phi) is 6.21. The summed E-state index contributed by atoms with van der Waals surface area (Å²) < 4.78 is 0. The number of quaternary nitrogens is 2. The molecule has 4 nitrogen and oxygen atoms in total. The quantitative estimate of drug-likeness (QED) is 0.652. The Morgan fingerprint density at radius 3 is 2.67 bits per heavy atom. The predicted octanol–water partition coefficient (Wildman–Crippen LogP) is -0.493. The van der Waals surface area contributed by atoms with Crippen LogP contribution in [-0.4, -0.2) is 45.2 Å². The van der Waals surface area contributed by atoms with Gasteiger partial charge in [0.25, 0.3) is 0 Å². The number of thiophene rings is 1. The fourth-order valence-corrected chi connectivity index (χ4v) is 4.20. The minimum Gasteiger partial charge on any atom is -0.347 e. The van der Waals surface area contributed by atoms with Crippen LogP contribution in [0.2, 0.25) is 0 Å². The molecular formula is C16H29N3OS+2. The second-order valence-corrected chi connectivity index (χ2v) is 7.19. The Balaban J connectivity index is 2.07. The molecule has 0 spiro atoms. The minimum absolute atomic E-state index is 0.186. The van der Waals surface area contributed by atoms with Gasteiger partial charge in [-0.15, -0.1) is 11.3 Å². The van der Waals surface area contributed by atoms with E-state index in [1.54, 1.807) is 9.80 Å². The highest BCUT2D eigenvalue weighted by Crippen LogP contribution is 2.19. The smallest absolute Gasteiger partial charge is 0.220 e. The van der Waals surface area contributed by atoms with Crippen LogP contribution in [0.4, 0.5) is 0 Å². The van der Waals surface area contributed by atoms with Gasteiger partial charge in [-0.2, -0.15) is 0 Å². The van der Waals surface area contributed by atoms with Crippen molar-refractivity contribution in [1.29, 1.82) is 0 Å². The van der Waals surface area contributed by atoms with Crippen LogP contribution in [0.3, 0.4) is 0 Å². The molecule has 1 aliphatic rings. The number of amides is 1. The lowest BCUT2D eigenvalue weighted by molar-refractivity contribution is -1.02. The Labute approximate surface area is 132 Å². The number of carbonyl (C=O) groups is 1. The van der Waals surface area contributed by atoms with E-state index in [1.165, 1.54) is 31.1 Å². The number of carbonyl (C=O) groups excluding carboxylic acids is 1. The number of hydrogen-bond donors (Lipinski definition) is 3. The Bertz CT molecular complexity index is 427. The van der Waals surface area contributed by atoms with Gasteiger partial charge in [0.05, 0.1) is 18.0 Å². The first-order valence-electron chi connectivity index (χ1n) is 8.10. The monoisotopic (exact) mass is 311 g/mol. The summed E-state index contributed by atoms with van der Waals surface area (Å²) in [5, 5.41) is 5.36. The van der Waals surface area contributed by atoms with E-state index in [0.29, 0.717) is 12.5 Å². The number of nitrogens with one attached hydrogen (secondary N) is 3. The molecule has 5 heteroatoms. The molecule has 0 bridgehead atoms. The molecular weight excluding hydrogens is 282 g/mol. The zero-order chi connectivity index (χ0) is 15.2. The molecule has 2 unspecified atom stereocenters. The summed E-state index contributed by atoms with van der Waals surface area (Å²) in [6.07, 6.45) is 1.54. The van der Waals surface area contributed by atoms with Crippen molar-refractivity contribution in [2.45, 2.75) is 38.8 Å². The zero-order valence-corrected chi connectivity index (χ0v) is 14.3. The van der Waals surface area contributed by atoms with Crippen LogP contribution in [0.15, 0.2) is 17.5 Å². The van der Waals surface area contributed by atoms with E-state index in [4.69, 9.17) is 0 Å². The first-order chi connectivity index (χ1) is 10.1. The average molecular weight is 311 g/mol. The second-order valence-electron chi connectivity index (χ2n) is 6.21. The third-order valence-electron chi connectivity index (χ3n) is 4.40. The largest absolute Gasteiger partial charge is 0.347 e. The van der Waals surface area contributed by atoms with E-state index >= 15 is 0 Å². The van der Waals surface area contributed by atoms with E-state index in [1.807, 2.05) is 11.3 Å². The Morgan fingerprint density at radius 1 is 1.38 bits per heavy atom. The summed E-state index contributed by atoms with van der Waals surface area (Å²) in [5.74, 6) is 0.186. The highest BCUT2D eigenvalue weighted by molar-refractivity contribution is 7.10. The molecule has 1 amide bonds. The molecule has 21 heavy (non-hydrogen) atoms. The summed E-state index contributed by atoms with van der Waals surface area (Å²) in [6, 6.07) is 4.92. The summed E-state index contributed by atoms with van der Waals surface area (Å²) in [5.41, 5.74) is 0. The number of likely N-dealkylation sites (N-methyl/N-ethyl adjacent to an activating group) is 1. The van der Waals surface area contributed by atoms with Crippen molar-refractivity contribution in [3.05, 3.63) is 22.4 Å². The molecule has 1 aromatic heterocycles. The number of hydrogen-bond acceptors (Lipinski definition) is 2. The van der Waals surface area contributed by atoms with Crippen LogP contribution in [0.25, 0.3) is 0 Å². The molecule has 0 aromatic carbocycles. The van der Waals surface area contributed by atoms with Crippen LogP contribution in [-0.2, 0) is 4.79 Å². The maximum absolute atomic E-state index is 11.9. The fraction of sp³-hybridized carbons (Fsp3) is 0.688. The van der Waals surface area contributed by atoms with Crippen LogP contribution < -0.4 is 15.1 Å². The second kappa shape index (κ2) is 7.92. The first kappa shape index (κ1) is 16.5. The third kappa shape index (κ3) is 4.53. The average Bonchev–Trinajstić information content (AvgIpc) is 2.95. The number of piperazine rings is 1. The summed E-state index contributed by atoms with van der Waals surface area (Å²) >= 11 is 1.82. The normalized spacial score (nSPS) is 25.3. The lowest BCUT2D eigenvalue weighted by Gasteiger charge is -2.36. The Hall–Kier alpha value is -0.910. The highest BCUT2D eigenvalue weighted by atomic mass is 32.1. The van der Waals surface area contributed by atoms with E-state index in [9.17, 15) is 4.79 Å². The van der Waals surface area contributed by atoms with Gasteiger partial charge in [0.1, 0.15) is 32.2 Å². The molecule has 2 atom stereocenters. The van der Waals surface area contributed by atoms with Crippen molar-refractivity contribution < 1.29 is 14.6 Å². The van der Waals surface area contributed by atoms with E-state index in [2.05, 4.69) is 43.7 Å². The summed E-state index contributed by atoms with van der Waals surface area (Å²) in [4.78, 5) is 16.6. The molecule has 1 aromatic rings. The third-order valence-corrected chi connectivity index (χ3v) is 5.36. The summed E-state index contributed by atoms with van der Waals surface area (Å²) in [6.45, 7) is 9.01. The van der Waals surface area contributed by atoms with Crippen molar-refractivity contribution >= 4 is 17.2 Å². The van der Waals surface area contributed by atoms with Gasteiger partial charge in [-0.1, -0.05) is 13.0 Å². The molecule has 1 fully saturated rings. The van der Waals surface area contributed by atoms with Crippen LogP contribution >= 0.6 is 11.3 Å². The maximum atomic E-state index is 11.9. The molecule has 0 saturated carbocycles. The molecule has 2 rings (SSSR count). The zero-order valence-electron chi connectivity index (χ0n) is 13.4. The highest BCUT2D eigenvalue weighted by Gasteiger charge is 2.34. The van der Waals surface area contributed by atoms with Crippen LogP contribution in [0, 0.1) is 0 Å². The van der Waals surface area contributed by atoms with Crippen molar-refractivity contribution in [2.24, 2.45) is 0 Å². The minimum atomic E-state index is 0.186. The van der Waals surface area contributed by atoms with E-state index < -0.39 is 0 Å². The molecule has 3 N–H and O–H groups in total. The molecule has 118 valence electrons. The van der Waals surface area contributed by atoms with E-state index in [0.717, 1.165) is 6.42 Å².